The summed E-state index contributed by atoms with van der Waals surface area (Å²) in [6.07, 6.45) is -4.58. The molecule has 0 aliphatic rings. The first-order chi connectivity index (χ1) is 11.8. The van der Waals surface area contributed by atoms with Crippen molar-refractivity contribution in [2.24, 2.45) is 0 Å². The first kappa shape index (κ1) is 18.6. The monoisotopic (exact) mass is 368 g/mol. The van der Waals surface area contributed by atoms with Crippen molar-refractivity contribution >= 4 is 23.2 Å². The molecule has 0 aromatic heterocycles. The van der Waals surface area contributed by atoms with Crippen molar-refractivity contribution in [1.29, 1.82) is 5.26 Å². The largest absolute Gasteiger partial charge is 0.482 e. The van der Waals surface area contributed by atoms with E-state index in [1.165, 1.54) is 36.4 Å². The van der Waals surface area contributed by atoms with Crippen LogP contribution in [-0.4, -0.2) is 25.2 Å². The van der Waals surface area contributed by atoms with Gasteiger partial charge in [-0.05, 0) is 36.4 Å². The van der Waals surface area contributed by atoms with Gasteiger partial charge < -0.3 is 9.64 Å². The highest BCUT2D eigenvalue weighted by atomic mass is 35.5. The van der Waals surface area contributed by atoms with Crippen LogP contribution in [0, 0.1) is 11.3 Å². The molecule has 0 bridgehead atoms. The molecule has 0 N–H and O–H groups in total. The Kier molecular flexibility index (Phi) is 5.88. The molecule has 0 fully saturated rings. The third-order valence-corrected chi connectivity index (χ3v) is 3.39. The Morgan fingerprint density at radius 2 is 1.80 bits per heavy atom. The van der Waals surface area contributed by atoms with E-state index in [0.29, 0.717) is 9.92 Å². The van der Waals surface area contributed by atoms with E-state index in [-0.39, 0.29) is 17.0 Å². The van der Waals surface area contributed by atoms with Gasteiger partial charge in [0.1, 0.15) is 18.4 Å². The van der Waals surface area contributed by atoms with Crippen molar-refractivity contribution in [2.75, 3.05) is 18.1 Å². The average molecular weight is 369 g/mol. The van der Waals surface area contributed by atoms with Crippen LogP contribution in [0.5, 0.6) is 5.75 Å². The van der Waals surface area contributed by atoms with Gasteiger partial charge >= 0.3 is 6.18 Å². The summed E-state index contributed by atoms with van der Waals surface area (Å²) in [5.74, 6) is -0.770. The molecule has 2 aromatic carbocycles. The van der Waals surface area contributed by atoms with Gasteiger partial charge in [0.2, 0.25) is 0 Å². The third-order valence-electron chi connectivity index (χ3n) is 3.14. The van der Waals surface area contributed by atoms with Crippen molar-refractivity contribution < 1.29 is 22.7 Å². The smallest absolute Gasteiger partial charge is 0.406 e. The normalized spacial score (nSPS) is 10.8. The van der Waals surface area contributed by atoms with Gasteiger partial charge in [-0.15, -0.1) is 0 Å². The van der Waals surface area contributed by atoms with Crippen LogP contribution in [0.15, 0.2) is 48.5 Å². The number of carbonyl (C=O) groups is 1. The molecule has 0 aliphatic carbocycles. The summed E-state index contributed by atoms with van der Waals surface area (Å²) in [4.78, 5) is 12.8. The number of halogens is 4. The number of hydrogen-bond acceptors (Lipinski definition) is 3. The van der Waals surface area contributed by atoms with Gasteiger partial charge in [0, 0.05) is 10.7 Å². The minimum Gasteiger partial charge on any atom is -0.482 e. The molecule has 25 heavy (non-hydrogen) atoms. The lowest BCUT2D eigenvalue weighted by Gasteiger charge is -2.24. The van der Waals surface area contributed by atoms with E-state index < -0.39 is 25.2 Å². The molecule has 2 rings (SSSR count). The number of nitriles is 1. The highest BCUT2D eigenvalue weighted by molar-refractivity contribution is 6.30. The Bertz CT molecular complexity index is 786. The maximum absolute atomic E-state index is 12.8. The molecule has 0 saturated carbocycles. The van der Waals surface area contributed by atoms with Crippen molar-refractivity contribution in [3.8, 4) is 11.8 Å². The van der Waals surface area contributed by atoms with Crippen LogP contribution in [0.3, 0.4) is 0 Å². The van der Waals surface area contributed by atoms with E-state index in [4.69, 9.17) is 21.6 Å². The van der Waals surface area contributed by atoms with Crippen LogP contribution >= 0.6 is 11.6 Å². The summed E-state index contributed by atoms with van der Waals surface area (Å²) in [6.45, 7) is -2.10. The molecule has 1 amide bonds. The Labute approximate surface area is 147 Å². The summed E-state index contributed by atoms with van der Waals surface area (Å²) in [5.41, 5.74) is 0.230. The fraction of sp³-hybridized carbons (Fsp3) is 0.176. The van der Waals surface area contributed by atoms with Gasteiger partial charge in [-0.25, -0.2) is 0 Å². The molecule has 0 atom stereocenters. The first-order valence-electron chi connectivity index (χ1n) is 7.05. The molecule has 0 unspecified atom stereocenters. The van der Waals surface area contributed by atoms with E-state index in [1.54, 1.807) is 12.1 Å². The zero-order chi connectivity index (χ0) is 18.4. The van der Waals surface area contributed by atoms with Crippen LogP contribution in [0.2, 0.25) is 5.02 Å². The molecule has 0 radical (unpaired) electrons. The molecule has 130 valence electrons. The summed E-state index contributed by atoms with van der Waals surface area (Å²) in [7, 11) is 0. The maximum Gasteiger partial charge on any atom is 0.406 e. The fourth-order valence-electron chi connectivity index (χ4n) is 2.03. The standard InChI is InChI=1S/C17H12ClF3N2O2/c18-13-5-7-14(8-6-13)23(11-17(19,20)21)16(24)10-25-15-4-2-1-3-12(15)9-22/h1-8H,10-11H2. The summed E-state index contributed by atoms with van der Waals surface area (Å²) in [6, 6.07) is 13.4. The van der Waals surface area contributed by atoms with E-state index >= 15 is 0 Å². The zero-order valence-corrected chi connectivity index (χ0v) is 13.5. The lowest BCUT2D eigenvalue weighted by atomic mass is 10.2. The van der Waals surface area contributed by atoms with Crippen molar-refractivity contribution in [2.45, 2.75) is 6.18 Å². The Balaban J connectivity index is 2.18. The van der Waals surface area contributed by atoms with E-state index in [9.17, 15) is 18.0 Å². The maximum atomic E-state index is 12.8. The molecular weight excluding hydrogens is 357 g/mol. The third kappa shape index (κ3) is 5.40. The fourth-order valence-corrected chi connectivity index (χ4v) is 2.15. The van der Waals surface area contributed by atoms with Gasteiger partial charge in [0.15, 0.2) is 6.61 Å². The summed E-state index contributed by atoms with van der Waals surface area (Å²) >= 11 is 5.72. The van der Waals surface area contributed by atoms with Crippen molar-refractivity contribution in [3.05, 3.63) is 59.1 Å². The van der Waals surface area contributed by atoms with Crippen LogP contribution in [0.1, 0.15) is 5.56 Å². The Hall–Kier alpha value is -2.72. The van der Waals surface area contributed by atoms with Crippen molar-refractivity contribution in [3.63, 3.8) is 0 Å². The highest BCUT2D eigenvalue weighted by Gasteiger charge is 2.34. The molecular formula is C17H12ClF3N2O2. The zero-order valence-electron chi connectivity index (χ0n) is 12.8. The van der Waals surface area contributed by atoms with Gasteiger partial charge in [0.25, 0.3) is 5.91 Å². The molecule has 2 aromatic rings. The summed E-state index contributed by atoms with van der Waals surface area (Å²) < 4.78 is 43.7. The number of rotatable bonds is 5. The predicted octanol–water partition coefficient (Wildman–Crippen LogP) is 4.19. The number of carbonyl (C=O) groups excluding carboxylic acids is 1. The van der Waals surface area contributed by atoms with Gasteiger partial charge in [-0.1, -0.05) is 23.7 Å². The number of hydrogen-bond donors (Lipinski definition) is 0. The summed E-state index contributed by atoms with van der Waals surface area (Å²) in [5, 5.41) is 9.30. The van der Waals surface area contributed by atoms with Crippen LogP contribution in [-0.2, 0) is 4.79 Å². The topological polar surface area (TPSA) is 53.3 Å². The number of nitrogens with zero attached hydrogens (tertiary/aromatic N) is 2. The van der Waals surface area contributed by atoms with Gasteiger partial charge in [-0.3, -0.25) is 4.79 Å². The van der Waals surface area contributed by atoms with Crippen LogP contribution in [0.25, 0.3) is 0 Å². The lowest BCUT2D eigenvalue weighted by molar-refractivity contribution is -0.133. The minimum atomic E-state index is -4.58. The molecule has 4 nitrogen and oxygen atoms in total. The molecule has 0 spiro atoms. The van der Waals surface area contributed by atoms with E-state index in [2.05, 4.69) is 0 Å². The van der Waals surface area contributed by atoms with E-state index in [0.717, 1.165) is 0 Å². The molecule has 8 heteroatoms. The number of benzene rings is 2. The van der Waals surface area contributed by atoms with Gasteiger partial charge in [0.05, 0.1) is 5.56 Å². The van der Waals surface area contributed by atoms with Crippen LogP contribution < -0.4 is 9.64 Å². The SMILES string of the molecule is N#Cc1ccccc1OCC(=O)N(CC(F)(F)F)c1ccc(Cl)cc1. The number of para-hydroxylation sites is 1. The minimum absolute atomic E-state index is 0.0453. The first-order valence-corrected chi connectivity index (χ1v) is 7.42. The predicted molar refractivity (Wildman–Crippen MR) is 86.5 cm³/mol. The van der Waals surface area contributed by atoms with Gasteiger partial charge in [-0.2, -0.15) is 18.4 Å². The number of alkyl halides is 3. The highest BCUT2D eigenvalue weighted by Crippen LogP contribution is 2.24. The lowest BCUT2D eigenvalue weighted by Crippen LogP contribution is -2.41. The van der Waals surface area contributed by atoms with Crippen LogP contribution in [0.4, 0.5) is 18.9 Å². The van der Waals surface area contributed by atoms with E-state index in [1.807, 2.05) is 6.07 Å². The second-order valence-corrected chi connectivity index (χ2v) is 5.40. The number of ether oxygens (including phenoxy) is 1. The second kappa shape index (κ2) is 7.90. The number of amides is 1. The quantitative estimate of drug-likeness (QED) is 0.795. The molecule has 0 aliphatic heterocycles. The molecule has 0 heterocycles. The molecule has 0 saturated heterocycles. The number of anilines is 1. The Morgan fingerprint density at radius 3 is 2.40 bits per heavy atom. The van der Waals surface area contributed by atoms with Crippen molar-refractivity contribution in [1.82, 2.24) is 0 Å². The average Bonchev–Trinajstić information content (AvgIpc) is 2.58. The second-order valence-electron chi connectivity index (χ2n) is 4.97. The Morgan fingerprint density at radius 1 is 1.16 bits per heavy atom.